The van der Waals surface area contributed by atoms with Crippen molar-refractivity contribution in [3.05, 3.63) is 65.7 Å². The summed E-state index contributed by atoms with van der Waals surface area (Å²) in [6, 6.07) is 8.53. The number of morpholine rings is 1. The van der Waals surface area contributed by atoms with E-state index >= 15 is 0 Å². The van der Waals surface area contributed by atoms with Crippen molar-refractivity contribution in [2.75, 3.05) is 39.1 Å². The van der Waals surface area contributed by atoms with Crippen molar-refractivity contribution in [2.45, 2.75) is 11.8 Å². The first-order chi connectivity index (χ1) is 15.9. The molecule has 0 saturated carbocycles. The molecule has 2 N–H and O–H groups in total. The maximum Gasteiger partial charge on any atom is 0.243 e. The monoisotopic (exact) mass is 468 g/mol. The summed E-state index contributed by atoms with van der Waals surface area (Å²) in [5, 5.41) is 4.08. The summed E-state index contributed by atoms with van der Waals surface area (Å²) < 4.78 is 33.0. The second-order valence-corrected chi connectivity index (χ2v) is 9.28. The zero-order valence-electron chi connectivity index (χ0n) is 18.3. The van der Waals surface area contributed by atoms with Crippen LogP contribution in [0.5, 0.6) is 0 Å². The first-order valence-electron chi connectivity index (χ1n) is 10.2. The van der Waals surface area contributed by atoms with Gasteiger partial charge in [-0.1, -0.05) is 11.2 Å². The lowest BCUT2D eigenvalue weighted by molar-refractivity contribution is 0.0730. The molecule has 1 fully saturated rings. The normalized spacial score (nSPS) is 15.4. The van der Waals surface area contributed by atoms with Crippen molar-refractivity contribution in [3.63, 3.8) is 0 Å². The summed E-state index contributed by atoms with van der Waals surface area (Å²) in [6.45, 7) is 3.27. The number of aromatic nitrogens is 3. The summed E-state index contributed by atoms with van der Waals surface area (Å²) in [5.74, 6) is 0.160. The fraction of sp³-hybridized carbons (Fsp3) is 0.273. The second kappa shape index (κ2) is 9.61. The molecule has 1 aliphatic heterocycles. The van der Waals surface area contributed by atoms with Crippen LogP contribution in [-0.4, -0.2) is 66.8 Å². The lowest BCUT2D eigenvalue weighted by Gasteiger charge is -2.26. The second-order valence-electron chi connectivity index (χ2n) is 7.35. The molecule has 2 aromatic heterocycles. The van der Waals surface area contributed by atoms with Gasteiger partial charge in [0.2, 0.25) is 10.0 Å². The molecule has 1 saturated heterocycles. The van der Waals surface area contributed by atoms with E-state index in [1.165, 1.54) is 17.6 Å². The molecule has 4 rings (SSSR count). The maximum atomic E-state index is 13.2. The van der Waals surface area contributed by atoms with Crippen LogP contribution < -0.4 is 5.73 Å². The fourth-order valence-electron chi connectivity index (χ4n) is 3.50. The van der Waals surface area contributed by atoms with Crippen molar-refractivity contribution in [2.24, 2.45) is 5.16 Å². The van der Waals surface area contributed by atoms with Gasteiger partial charge in [-0.2, -0.15) is 4.31 Å². The highest BCUT2D eigenvalue weighted by Gasteiger charge is 2.27. The Labute approximate surface area is 192 Å². The molecule has 10 nitrogen and oxygen atoms in total. The number of nitrogens with two attached hydrogens (primary N) is 1. The van der Waals surface area contributed by atoms with E-state index in [9.17, 15) is 8.42 Å². The average molecular weight is 469 g/mol. The van der Waals surface area contributed by atoms with E-state index in [-0.39, 0.29) is 10.7 Å². The molecule has 3 aromatic rings. The minimum absolute atomic E-state index is 0.160. The Morgan fingerprint density at radius 2 is 2.00 bits per heavy atom. The number of hydrogen-bond donors (Lipinski definition) is 1. The van der Waals surface area contributed by atoms with E-state index in [1.54, 1.807) is 42.7 Å². The Kier molecular flexibility index (Phi) is 6.63. The third-order valence-corrected chi connectivity index (χ3v) is 7.13. The number of anilines is 1. The van der Waals surface area contributed by atoms with Gasteiger partial charge < -0.3 is 15.3 Å². The van der Waals surface area contributed by atoms with Gasteiger partial charge in [-0.15, -0.1) is 0 Å². The maximum absolute atomic E-state index is 13.2. The van der Waals surface area contributed by atoms with Gasteiger partial charge in [0, 0.05) is 36.6 Å². The molecule has 0 aliphatic carbocycles. The van der Waals surface area contributed by atoms with Crippen LogP contribution in [0.3, 0.4) is 0 Å². The summed E-state index contributed by atoms with van der Waals surface area (Å²) in [5.41, 5.74) is 9.38. The number of benzene rings is 1. The van der Waals surface area contributed by atoms with Crippen molar-refractivity contribution < 1.29 is 18.0 Å². The molecule has 33 heavy (non-hydrogen) atoms. The SMILES string of the molecule is CO/N=C(\c1cccnc1)c1nc(-c2cc(S(=O)(=O)N3CCOCC3)ccc2C)cnc1N. The molecule has 0 spiro atoms. The third-order valence-electron chi connectivity index (χ3n) is 5.24. The van der Waals surface area contributed by atoms with Gasteiger partial charge in [0.15, 0.2) is 5.82 Å². The molecule has 0 unspecified atom stereocenters. The quantitative estimate of drug-likeness (QED) is 0.428. The Morgan fingerprint density at radius 3 is 2.70 bits per heavy atom. The highest BCUT2D eigenvalue weighted by Crippen LogP contribution is 2.28. The third kappa shape index (κ3) is 4.70. The Morgan fingerprint density at radius 1 is 1.21 bits per heavy atom. The minimum atomic E-state index is -3.67. The molecule has 0 radical (unpaired) electrons. The van der Waals surface area contributed by atoms with Crippen LogP contribution in [0.2, 0.25) is 0 Å². The smallest absolute Gasteiger partial charge is 0.243 e. The summed E-state index contributed by atoms with van der Waals surface area (Å²) in [7, 11) is -2.24. The van der Waals surface area contributed by atoms with E-state index in [4.69, 9.17) is 15.3 Å². The number of ether oxygens (including phenoxy) is 1. The van der Waals surface area contributed by atoms with E-state index in [1.807, 2.05) is 6.92 Å². The van der Waals surface area contributed by atoms with Crippen LogP contribution in [0.25, 0.3) is 11.3 Å². The Bertz CT molecular complexity index is 1280. The van der Waals surface area contributed by atoms with Crippen LogP contribution in [0.1, 0.15) is 16.8 Å². The predicted molar refractivity (Wildman–Crippen MR) is 123 cm³/mol. The van der Waals surface area contributed by atoms with Crippen molar-refractivity contribution in [3.8, 4) is 11.3 Å². The van der Waals surface area contributed by atoms with Crippen molar-refractivity contribution in [1.82, 2.24) is 19.3 Å². The van der Waals surface area contributed by atoms with Crippen LogP contribution >= 0.6 is 0 Å². The standard InChI is InChI=1S/C22H24N6O4S/c1-15-5-6-17(33(29,30)28-8-10-32-11-9-28)12-18(15)19-14-25-22(23)21(26-19)20(27-31-2)16-4-3-7-24-13-16/h3-7,12-14H,8-11H2,1-2H3,(H2,23,25)/b27-20+. The number of oxime groups is 1. The molecular formula is C22H24N6O4S. The highest BCUT2D eigenvalue weighted by molar-refractivity contribution is 7.89. The number of hydrogen-bond acceptors (Lipinski definition) is 9. The van der Waals surface area contributed by atoms with Crippen molar-refractivity contribution in [1.29, 1.82) is 0 Å². The molecule has 3 heterocycles. The average Bonchev–Trinajstić information content (AvgIpc) is 2.84. The largest absolute Gasteiger partial charge is 0.399 e. The number of rotatable bonds is 6. The molecule has 11 heteroatoms. The lowest BCUT2D eigenvalue weighted by atomic mass is 10.1. The number of nitrogen functional groups attached to an aromatic ring is 1. The molecule has 172 valence electrons. The summed E-state index contributed by atoms with van der Waals surface area (Å²) in [4.78, 5) is 18.3. The van der Waals surface area contributed by atoms with Gasteiger partial charge in [-0.05, 0) is 36.8 Å². The number of pyridine rings is 1. The van der Waals surface area contributed by atoms with Gasteiger partial charge in [-0.3, -0.25) is 4.98 Å². The van der Waals surface area contributed by atoms with Crippen molar-refractivity contribution >= 4 is 21.6 Å². The predicted octanol–water partition coefficient (Wildman–Crippen LogP) is 1.85. The summed E-state index contributed by atoms with van der Waals surface area (Å²) in [6.07, 6.45) is 4.77. The molecule has 0 amide bonds. The first kappa shape index (κ1) is 22.8. The fourth-order valence-corrected chi connectivity index (χ4v) is 4.94. The molecule has 0 bridgehead atoms. The zero-order valence-corrected chi connectivity index (χ0v) is 19.1. The summed E-state index contributed by atoms with van der Waals surface area (Å²) >= 11 is 0. The number of sulfonamides is 1. The van der Waals surface area contributed by atoms with Crippen LogP contribution in [0.4, 0.5) is 5.82 Å². The van der Waals surface area contributed by atoms with E-state index in [2.05, 4.69) is 20.1 Å². The van der Waals surface area contributed by atoms with Crippen LogP contribution in [-0.2, 0) is 19.6 Å². The van der Waals surface area contributed by atoms with Gasteiger partial charge in [0.25, 0.3) is 0 Å². The van der Waals surface area contributed by atoms with Gasteiger partial charge in [0.1, 0.15) is 18.5 Å². The minimum Gasteiger partial charge on any atom is -0.399 e. The lowest BCUT2D eigenvalue weighted by Crippen LogP contribution is -2.40. The van der Waals surface area contributed by atoms with Gasteiger partial charge >= 0.3 is 0 Å². The van der Waals surface area contributed by atoms with Gasteiger partial charge in [0.05, 0.1) is 30.0 Å². The molecule has 0 atom stereocenters. The number of nitrogens with zero attached hydrogens (tertiary/aromatic N) is 5. The van der Waals surface area contributed by atoms with Gasteiger partial charge in [-0.25, -0.2) is 18.4 Å². The topological polar surface area (TPSA) is 133 Å². The molecule has 1 aromatic carbocycles. The van der Waals surface area contributed by atoms with E-state index < -0.39 is 10.0 Å². The van der Waals surface area contributed by atoms with Crippen LogP contribution in [0, 0.1) is 6.92 Å². The first-order valence-corrected chi connectivity index (χ1v) is 11.7. The van der Waals surface area contributed by atoms with E-state index in [0.29, 0.717) is 54.5 Å². The molecular weight excluding hydrogens is 444 g/mol. The number of aryl methyl sites for hydroxylation is 1. The highest BCUT2D eigenvalue weighted by atomic mass is 32.2. The Hall–Kier alpha value is -3.41. The van der Waals surface area contributed by atoms with E-state index in [0.717, 1.165) is 5.56 Å². The zero-order chi connectivity index (χ0) is 23.4. The Balaban J connectivity index is 1.79. The van der Waals surface area contributed by atoms with Crippen LogP contribution in [0.15, 0.2) is 59.0 Å². The molecule has 1 aliphatic rings.